The summed E-state index contributed by atoms with van der Waals surface area (Å²) in [4.78, 5) is 5.14. The molecule has 1 atom stereocenters. The smallest absolute Gasteiger partial charge is 0.0819 e. The molecule has 0 saturated heterocycles. The Balaban J connectivity index is 2.46. The van der Waals surface area contributed by atoms with Gasteiger partial charge in [-0.3, -0.25) is 4.98 Å². The minimum Gasteiger partial charge on any atom is -0.393 e. The number of nitrogens with zero attached hydrogens (tertiary/aromatic N) is 1. The lowest BCUT2D eigenvalue weighted by atomic mass is 9.86. The fourth-order valence-electron chi connectivity index (χ4n) is 2.03. The summed E-state index contributed by atoms with van der Waals surface area (Å²) < 4.78 is 0. The van der Waals surface area contributed by atoms with Gasteiger partial charge in [-0.1, -0.05) is 18.3 Å². The van der Waals surface area contributed by atoms with Crippen LogP contribution in [0.25, 0.3) is 0 Å². The Labute approximate surface area is 89.5 Å². The van der Waals surface area contributed by atoms with Crippen LogP contribution in [0.5, 0.6) is 0 Å². The average molecular weight is 206 g/mol. The fraction of sp³-hybridized carbons (Fsp3) is 0.455. The maximum absolute atomic E-state index is 5.72. The van der Waals surface area contributed by atoms with Crippen LogP contribution in [-0.4, -0.2) is 9.97 Å². The van der Waals surface area contributed by atoms with Crippen molar-refractivity contribution in [2.45, 2.75) is 32.1 Å². The van der Waals surface area contributed by atoms with Crippen molar-refractivity contribution in [3.8, 4) is 0 Å². The van der Waals surface area contributed by atoms with Gasteiger partial charge in [0.25, 0.3) is 0 Å². The Morgan fingerprint density at radius 2 is 2.36 bits per heavy atom. The van der Waals surface area contributed by atoms with Crippen molar-refractivity contribution in [3.05, 3.63) is 29.1 Å². The number of nitrogens with two attached hydrogens (primary N) is 1. The van der Waals surface area contributed by atoms with Crippen LogP contribution in [0.15, 0.2) is 12.1 Å². The predicted octanol–water partition coefficient (Wildman–Crippen LogP) is 2.10. The molecule has 2 rings (SSSR count). The van der Waals surface area contributed by atoms with Crippen molar-refractivity contribution in [3.63, 3.8) is 0 Å². The number of aromatic nitrogens is 1. The highest BCUT2D eigenvalue weighted by Crippen LogP contribution is 2.30. The first-order valence-electron chi connectivity index (χ1n) is 4.94. The van der Waals surface area contributed by atoms with Gasteiger partial charge in [0, 0.05) is 5.69 Å². The van der Waals surface area contributed by atoms with Gasteiger partial charge in [0.05, 0.1) is 16.6 Å². The third-order valence-corrected chi connectivity index (χ3v) is 3.05. The molecule has 0 saturated carbocycles. The molecular formula is C11H14N2S. The Hall–Kier alpha value is -0.960. The molecule has 2 nitrogen and oxygen atoms in total. The van der Waals surface area contributed by atoms with Gasteiger partial charge in [0.15, 0.2) is 0 Å². The fourth-order valence-corrected chi connectivity index (χ4v) is 2.26. The molecule has 0 bridgehead atoms. The van der Waals surface area contributed by atoms with Crippen molar-refractivity contribution < 1.29 is 0 Å². The lowest BCUT2D eigenvalue weighted by molar-refractivity contribution is 0.631. The quantitative estimate of drug-likeness (QED) is 0.715. The van der Waals surface area contributed by atoms with Gasteiger partial charge in [-0.25, -0.2) is 0 Å². The SMILES string of the molecule is Cc1ccc2c(n1)C(C(N)=S)CCC2. The minimum absolute atomic E-state index is 0.202. The molecule has 1 aromatic heterocycles. The molecule has 0 fully saturated rings. The molecule has 3 heteroatoms. The normalized spacial score (nSPS) is 20.2. The van der Waals surface area contributed by atoms with Crippen molar-refractivity contribution in [2.24, 2.45) is 5.73 Å². The molecule has 1 aromatic rings. The minimum atomic E-state index is 0.202. The standard InChI is InChI=1S/C11H14N2S/c1-7-5-6-8-3-2-4-9(11(12)14)10(8)13-7/h5-6,9H,2-4H2,1H3,(H2,12,14). The third-order valence-electron chi connectivity index (χ3n) is 2.76. The van der Waals surface area contributed by atoms with Crippen LogP contribution < -0.4 is 5.73 Å². The van der Waals surface area contributed by atoms with Gasteiger partial charge >= 0.3 is 0 Å². The summed E-state index contributed by atoms with van der Waals surface area (Å²) in [6.45, 7) is 2.01. The second kappa shape index (κ2) is 3.65. The molecule has 1 heterocycles. The number of fused-ring (bicyclic) bond motifs is 1. The Kier molecular flexibility index (Phi) is 2.50. The third kappa shape index (κ3) is 1.64. The van der Waals surface area contributed by atoms with Gasteiger partial charge in [-0.05, 0) is 37.8 Å². The lowest BCUT2D eigenvalue weighted by Gasteiger charge is -2.23. The van der Waals surface area contributed by atoms with Crippen LogP contribution in [-0.2, 0) is 6.42 Å². The molecule has 0 aromatic carbocycles. The molecule has 1 unspecified atom stereocenters. The van der Waals surface area contributed by atoms with Crippen LogP contribution in [0.1, 0.15) is 35.7 Å². The van der Waals surface area contributed by atoms with E-state index in [1.807, 2.05) is 6.92 Å². The largest absolute Gasteiger partial charge is 0.393 e. The van der Waals surface area contributed by atoms with Gasteiger partial charge < -0.3 is 5.73 Å². The molecule has 1 aliphatic rings. The van der Waals surface area contributed by atoms with E-state index in [2.05, 4.69) is 17.1 Å². The molecule has 0 aliphatic heterocycles. The average Bonchev–Trinajstić information content (AvgIpc) is 2.16. The molecular weight excluding hydrogens is 192 g/mol. The summed E-state index contributed by atoms with van der Waals surface area (Å²) in [5.41, 5.74) is 9.21. The number of hydrogen-bond acceptors (Lipinski definition) is 2. The summed E-state index contributed by atoms with van der Waals surface area (Å²) in [5, 5.41) is 0. The van der Waals surface area contributed by atoms with E-state index in [1.165, 1.54) is 12.0 Å². The highest BCUT2D eigenvalue weighted by Gasteiger charge is 2.23. The summed E-state index contributed by atoms with van der Waals surface area (Å²) in [6, 6.07) is 4.21. The Morgan fingerprint density at radius 1 is 1.57 bits per heavy atom. The highest BCUT2D eigenvalue weighted by molar-refractivity contribution is 7.80. The van der Waals surface area contributed by atoms with Gasteiger partial charge in [-0.2, -0.15) is 0 Å². The zero-order valence-electron chi connectivity index (χ0n) is 8.29. The van der Waals surface area contributed by atoms with Crippen LogP contribution in [0, 0.1) is 6.92 Å². The van der Waals surface area contributed by atoms with E-state index in [9.17, 15) is 0 Å². The van der Waals surface area contributed by atoms with E-state index in [0.717, 1.165) is 24.2 Å². The Bertz CT molecular complexity index is 374. The number of thiocarbonyl (C=S) groups is 1. The number of hydrogen-bond donors (Lipinski definition) is 1. The van der Waals surface area contributed by atoms with Crippen molar-refractivity contribution >= 4 is 17.2 Å². The molecule has 0 spiro atoms. The van der Waals surface area contributed by atoms with E-state index in [1.54, 1.807) is 0 Å². The van der Waals surface area contributed by atoms with Gasteiger partial charge in [0.2, 0.25) is 0 Å². The van der Waals surface area contributed by atoms with Gasteiger partial charge in [0.1, 0.15) is 0 Å². The first-order chi connectivity index (χ1) is 6.68. The van der Waals surface area contributed by atoms with Crippen molar-refractivity contribution in [1.29, 1.82) is 0 Å². The summed E-state index contributed by atoms with van der Waals surface area (Å²) in [5.74, 6) is 0.202. The zero-order chi connectivity index (χ0) is 10.1. The summed E-state index contributed by atoms with van der Waals surface area (Å²) >= 11 is 5.07. The second-order valence-electron chi connectivity index (χ2n) is 3.84. The zero-order valence-corrected chi connectivity index (χ0v) is 9.10. The predicted molar refractivity (Wildman–Crippen MR) is 61.4 cm³/mol. The monoisotopic (exact) mass is 206 g/mol. The van der Waals surface area contributed by atoms with Crippen molar-refractivity contribution in [2.75, 3.05) is 0 Å². The molecule has 14 heavy (non-hydrogen) atoms. The molecule has 1 aliphatic carbocycles. The van der Waals surface area contributed by atoms with Gasteiger partial charge in [-0.15, -0.1) is 0 Å². The lowest BCUT2D eigenvalue weighted by Crippen LogP contribution is -2.24. The van der Waals surface area contributed by atoms with Crippen LogP contribution in [0.2, 0.25) is 0 Å². The summed E-state index contributed by atoms with van der Waals surface area (Å²) in [6.07, 6.45) is 3.33. The highest BCUT2D eigenvalue weighted by atomic mass is 32.1. The topological polar surface area (TPSA) is 38.9 Å². The molecule has 0 amide bonds. The van der Waals surface area contributed by atoms with E-state index >= 15 is 0 Å². The Morgan fingerprint density at radius 3 is 3.07 bits per heavy atom. The first-order valence-corrected chi connectivity index (χ1v) is 5.35. The summed E-state index contributed by atoms with van der Waals surface area (Å²) in [7, 11) is 0. The van der Waals surface area contributed by atoms with Crippen LogP contribution >= 0.6 is 12.2 Å². The maximum atomic E-state index is 5.72. The second-order valence-corrected chi connectivity index (χ2v) is 4.32. The van der Waals surface area contributed by atoms with E-state index < -0.39 is 0 Å². The first kappa shape index (κ1) is 9.59. The van der Waals surface area contributed by atoms with Crippen molar-refractivity contribution in [1.82, 2.24) is 4.98 Å². The number of pyridine rings is 1. The van der Waals surface area contributed by atoms with E-state index in [4.69, 9.17) is 18.0 Å². The van der Waals surface area contributed by atoms with E-state index in [-0.39, 0.29) is 5.92 Å². The van der Waals surface area contributed by atoms with Crippen LogP contribution in [0.4, 0.5) is 0 Å². The number of aryl methyl sites for hydroxylation is 2. The maximum Gasteiger partial charge on any atom is 0.0819 e. The van der Waals surface area contributed by atoms with E-state index in [0.29, 0.717) is 4.99 Å². The molecule has 74 valence electrons. The number of rotatable bonds is 1. The molecule has 0 radical (unpaired) electrons. The van der Waals surface area contributed by atoms with Crippen LogP contribution in [0.3, 0.4) is 0 Å². The molecule has 2 N–H and O–H groups in total.